The highest BCUT2D eigenvalue weighted by Gasteiger charge is 2.17. The van der Waals surface area contributed by atoms with E-state index in [1.165, 1.54) is 0 Å². The van der Waals surface area contributed by atoms with Gasteiger partial charge in [-0.2, -0.15) is 4.99 Å². The van der Waals surface area contributed by atoms with Gasteiger partial charge in [-0.05, 0) is 25.8 Å². The second-order valence-electron chi connectivity index (χ2n) is 6.27. The third kappa shape index (κ3) is 6.13. The highest BCUT2D eigenvalue weighted by atomic mass is 32.2. The van der Waals surface area contributed by atoms with Gasteiger partial charge in [-0.15, -0.1) is 0 Å². The van der Waals surface area contributed by atoms with E-state index in [9.17, 15) is 18.0 Å². The van der Waals surface area contributed by atoms with Crippen LogP contribution >= 0.6 is 11.3 Å². The first-order valence-corrected chi connectivity index (χ1v) is 11.5. The minimum atomic E-state index is -3.29. The summed E-state index contributed by atoms with van der Waals surface area (Å²) in [5, 5.41) is 0. The molecule has 152 valence electrons. The molecule has 0 unspecified atom stereocenters. The van der Waals surface area contributed by atoms with Gasteiger partial charge >= 0.3 is 5.97 Å². The van der Waals surface area contributed by atoms with Crippen molar-refractivity contribution in [3.05, 3.63) is 51.3 Å². The molecule has 1 aromatic heterocycles. The topological polar surface area (TPSA) is 94.8 Å². The van der Waals surface area contributed by atoms with Crippen molar-refractivity contribution in [1.29, 1.82) is 0 Å². The molecular formula is C19H24N2O5S2. The zero-order valence-electron chi connectivity index (χ0n) is 16.2. The number of hydrogen-bond acceptors (Lipinski definition) is 6. The molecule has 7 nitrogen and oxygen atoms in total. The molecule has 28 heavy (non-hydrogen) atoms. The van der Waals surface area contributed by atoms with E-state index in [1.54, 1.807) is 49.7 Å². The lowest BCUT2D eigenvalue weighted by Crippen LogP contribution is -2.15. The van der Waals surface area contributed by atoms with E-state index in [0.717, 1.165) is 16.9 Å². The summed E-state index contributed by atoms with van der Waals surface area (Å²) in [5.41, 5.74) is 1.39. The molecule has 0 aliphatic rings. The Hall–Kier alpha value is -2.26. The molecule has 0 fully saturated rings. The quantitative estimate of drug-likeness (QED) is 0.607. The van der Waals surface area contributed by atoms with Gasteiger partial charge in [-0.3, -0.25) is 4.79 Å². The molecule has 0 bridgehead atoms. The predicted octanol–water partition coefficient (Wildman–Crippen LogP) is 2.39. The number of sulfone groups is 1. The summed E-state index contributed by atoms with van der Waals surface area (Å²) in [6, 6.07) is 8.94. The molecular weight excluding hydrogens is 400 g/mol. The molecule has 0 saturated heterocycles. The van der Waals surface area contributed by atoms with Crippen LogP contribution in [0.2, 0.25) is 0 Å². The van der Waals surface area contributed by atoms with E-state index in [0.29, 0.717) is 15.4 Å². The number of rotatable bonds is 8. The average Bonchev–Trinajstić information content (AvgIpc) is 2.90. The fourth-order valence-electron chi connectivity index (χ4n) is 2.52. The average molecular weight is 425 g/mol. The number of ether oxygens (including phenoxy) is 1. The molecule has 1 heterocycles. The largest absolute Gasteiger partial charge is 0.462 e. The van der Waals surface area contributed by atoms with Crippen molar-refractivity contribution in [2.75, 3.05) is 12.4 Å². The molecule has 1 aromatic carbocycles. The minimum Gasteiger partial charge on any atom is -0.462 e. The Kier molecular flexibility index (Phi) is 7.70. The predicted molar refractivity (Wildman–Crippen MR) is 108 cm³/mol. The second kappa shape index (κ2) is 9.79. The zero-order valence-corrected chi connectivity index (χ0v) is 17.8. The van der Waals surface area contributed by atoms with Crippen LogP contribution in [0.15, 0.2) is 35.3 Å². The van der Waals surface area contributed by atoms with E-state index in [1.807, 2.05) is 6.07 Å². The van der Waals surface area contributed by atoms with Crippen LogP contribution in [0.25, 0.3) is 0 Å². The maximum absolute atomic E-state index is 12.2. The van der Waals surface area contributed by atoms with Gasteiger partial charge in [0.15, 0.2) is 14.6 Å². The second-order valence-corrected chi connectivity index (χ2v) is 9.43. The minimum absolute atomic E-state index is 0.0275. The Bertz CT molecular complexity index is 1000. The first-order chi connectivity index (χ1) is 13.2. The summed E-state index contributed by atoms with van der Waals surface area (Å²) in [4.78, 5) is 28.9. The zero-order chi connectivity index (χ0) is 20.7. The van der Waals surface area contributed by atoms with E-state index < -0.39 is 21.7 Å². The number of carbonyl (C=O) groups is 2. The van der Waals surface area contributed by atoms with Crippen LogP contribution in [-0.4, -0.2) is 37.2 Å². The van der Waals surface area contributed by atoms with Crippen LogP contribution in [0, 0.1) is 6.92 Å². The van der Waals surface area contributed by atoms with Crippen LogP contribution < -0.4 is 4.80 Å². The molecule has 2 aromatic rings. The van der Waals surface area contributed by atoms with Crippen LogP contribution in [0.5, 0.6) is 0 Å². The Morgan fingerprint density at radius 2 is 1.89 bits per heavy atom. The van der Waals surface area contributed by atoms with Crippen LogP contribution in [0.1, 0.15) is 40.7 Å². The summed E-state index contributed by atoms with van der Waals surface area (Å²) >= 11 is 1.09. The van der Waals surface area contributed by atoms with Crippen molar-refractivity contribution in [2.45, 2.75) is 32.4 Å². The summed E-state index contributed by atoms with van der Waals surface area (Å²) < 4.78 is 31.0. The van der Waals surface area contributed by atoms with Crippen LogP contribution in [-0.2, 0) is 32.2 Å². The van der Waals surface area contributed by atoms with Gasteiger partial charge in [0.25, 0.3) is 0 Å². The van der Waals surface area contributed by atoms with Crippen molar-refractivity contribution < 1.29 is 22.7 Å². The number of benzene rings is 1. The number of carbonyl (C=O) groups excluding carboxylic acids is 2. The number of aromatic nitrogens is 1. The number of nitrogens with zero attached hydrogens (tertiary/aromatic N) is 2. The van der Waals surface area contributed by atoms with Gasteiger partial charge < -0.3 is 9.30 Å². The van der Waals surface area contributed by atoms with Crippen LogP contribution in [0.4, 0.5) is 0 Å². The fourth-order valence-corrected chi connectivity index (χ4v) is 4.98. The van der Waals surface area contributed by atoms with E-state index in [2.05, 4.69) is 4.99 Å². The number of thiazole rings is 1. The molecule has 1 amide bonds. The monoisotopic (exact) mass is 424 g/mol. The van der Waals surface area contributed by atoms with Crippen molar-refractivity contribution in [2.24, 2.45) is 12.0 Å². The molecule has 0 saturated carbocycles. The van der Waals surface area contributed by atoms with Gasteiger partial charge in [0.2, 0.25) is 5.91 Å². The lowest BCUT2D eigenvalue weighted by molar-refractivity contribution is -0.118. The SMILES string of the molecule is CCOC(=O)c1sc(=NC(=O)CCCS(=O)(=O)Cc2ccccc2)n(C)c1C. The summed E-state index contributed by atoms with van der Waals surface area (Å²) in [7, 11) is -1.58. The van der Waals surface area contributed by atoms with Gasteiger partial charge in [-0.1, -0.05) is 41.7 Å². The Morgan fingerprint density at radius 3 is 2.54 bits per heavy atom. The molecule has 0 atom stereocenters. The first-order valence-electron chi connectivity index (χ1n) is 8.89. The normalized spacial score (nSPS) is 12.2. The maximum atomic E-state index is 12.2. The molecule has 0 spiro atoms. The summed E-state index contributed by atoms with van der Waals surface area (Å²) in [5.74, 6) is -0.975. The van der Waals surface area contributed by atoms with Gasteiger partial charge in [0.05, 0.1) is 18.1 Å². The fraction of sp³-hybridized carbons (Fsp3) is 0.421. The lowest BCUT2D eigenvalue weighted by atomic mass is 10.2. The molecule has 0 aliphatic heterocycles. The summed E-state index contributed by atoms with van der Waals surface area (Å²) in [6.07, 6.45) is 0.232. The highest BCUT2D eigenvalue weighted by Crippen LogP contribution is 2.13. The third-order valence-corrected chi connectivity index (χ3v) is 6.97. The van der Waals surface area contributed by atoms with Crippen molar-refractivity contribution in [3.63, 3.8) is 0 Å². The first kappa shape index (κ1) is 22.0. The Balaban J connectivity index is 1.98. The summed E-state index contributed by atoms with van der Waals surface area (Å²) in [6.45, 7) is 3.74. The lowest BCUT2D eigenvalue weighted by Gasteiger charge is -2.03. The third-order valence-electron chi connectivity index (χ3n) is 4.07. The number of amides is 1. The van der Waals surface area contributed by atoms with Gasteiger partial charge in [0.1, 0.15) is 4.88 Å². The van der Waals surface area contributed by atoms with E-state index in [4.69, 9.17) is 4.74 Å². The van der Waals surface area contributed by atoms with Crippen LogP contribution in [0.3, 0.4) is 0 Å². The van der Waals surface area contributed by atoms with Gasteiger partial charge in [-0.25, -0.2) is 13.2 Å². The molecule has 0 aliphatic carbocycles. The Morgan fingerprint density at radius 1 is 1.21 bits per heavy atom. The van der Waals surface area contributed by atoms with E-state index in [-0.39, 0.29) is 31.0 Å². The smallest absolute Gasteiger partial charge is 0.350 e. The van der Waals surface area contributed by atoms with E-state index >= 15 is 0 Å². The van der Waals surface area contributed by atoms with Crippen molar-refractivity contribution >= 4 is 33.1 Å². The van der Waals surface area contributed by atoms with Crippen molar-refractivity contribution in [1.82, 2.24) is 4.57 Å². The molecule has 2 rings (SSSR count). The standard InChI is InChI=1S/C19H24N2O5S2/c1-4-26-18(23)17-14(2)21(3)19(27-17)20-16(22)11-8-12-28(24,25)13-15-9-6-5-7-10-15/h5-7,9-10H,4,8,11-13H2,1-3H3. The van der Waals surface area contributed by atoms with Gasteiger partial charge in [0, 0.05) is 19.2 Å². The molecule has 9 heteroatoms. The highest BCUT2D eigenvalue weighted by molar-refractivity contribution is 7.90. The number of esters is 1. The molecule has 0 N–H and O–H groups in total. The Labute approximate surface area is 168 Å². The maximum Gasteiger partial charge on any atom is 0.350 e. The number of hydrogen-bond donors (Lipinski definition) is 0. The molecule has 0 radical (unpaired) electrons. The van der Waals surface area contributed by atoms with Crippen molar-refractivity contribution in [3.8, 4) is 0 Å².